The van der Waals surface area contributed by atoms with Crippen LogP contribution in [0.15, 0.2) is 0 Å². The summed E-state index contributed by atoms with van der Waals surface area (Å²) in [6.07, 6.45) is 16.5. The minimum atomic E-state index is -4.78. The van der Waals surface area contributed by atoms with Crippen molar-refractivity contribution >= 4 is 22.0 Å². The van der Waals surface area contributed by atoms with Gasteiger partial charge in [-0.05, 0) is 6.42 Å². The highest BCUT2D eigenvalue weighted by atomic mass is 32.2. The van der Waals surface area contributed by atoms with Crippen molar-refractivity contribution in [3.63, 3.8) is 0 Å². The fourth-order valence-electron chi connectivity index (χ4n) is 3.11. The molecule has 1 atom stereocenters. The quantitative estimate of drug-likeness (QED) is 0.211. The van der Waals surface area contributed by atoms with Crippen LogP contribution < -0.4 is 5.32 Å². The van der Waals surface area contributed by atoms with Crippen LogP contribution in [0.5, 0.6) is 0 Å². The zero-order valence-electron chi connectivity index (χ0n) is 17.3. The fraction of sp³-hybridized carbons (Fsp3) is 0.900. The van der Waals surface area contributed by atoms with Crippen LogP contribution in [0.1, 0.15) is 103 Å². The third-order valence-corrected chi connectivity index (χ3v) is 5.95. The molecule has 0 radical (unpaired) electrons. The molecule has 0 rings (SSSR count). The van der Waals surface area contributed by atoms with Crippen molar-refractivity contribution in [2.24, 2.45) is 0 Å². The van der Waals surface area contributed by atoms with Gasteiger partial charge in [0.15, 0.2) is 5.25 Å². The molecule has 0 spiro atoms. The van der Waals surface area contributed by atoms with Gasteiger partial charge in [0.1, 0.15) is 0 Å². The number of carboxylic acid groups (broad SMARTS) is 1. The first-order valence-corrected chi connectivity index (χ1v) is 12.2. The lowest BCUT2D eigenvalue weighted by Gasteiger charge is -2.09. The van der Waals surface area contributed by atoms with Crippen molar-refractivity contribution < 1.29 is 27.7 Å². The van der Waals surface area contributed by atoms with E-state index in [-0.39, 0.29) is 0 Å². The minimum absolute atomic E-state index is 0.384. The highest BCUT2D eigenvalue weighted by Crippen LogP contribution is 2.13. The van der Waals surface area contributed by atoms with Gasteiger partial charge in [-0.1, -0.05) is 90.4 Å². The van der Waals surface area contributed by atoms with E-state index in [1.165, 1.54) is 70.6 Å². The van der Waals surface area contributed by atoms with E-state index in [1.807, 2.05) is 0 Å². The van der Waals surface area contributed by atoms with Gasteiger partial charge in [-0.2, -0.15) is 8.42 Å². The third kappa shape index (κ3) is 15.9. The molecule has 0 saturated carbocycles. The number of nitrogens with one attached hydrogen (secondary N) is 1. The molecule has 28 heavy (non-hydrogen) atoms. The Bertz CT molecular complexity index is 521. The highest BCUT2D eigenvalue weighted by Gasteiger charge is 2.33. The number of carboxylic acids is 1. The summed E-state index contributed by atoms with van der Waals surface area (Å²) in [5.41, 5.74) is 0. The van der Waals surface area contributed by atoms with Crippen LogP contribution in [0.2, 0.25) is 0 Å². The van der Waals surface area contributed by atoms with E-state index < -0.39 is 33.7 Å². The Balaban J connectivity index is 3.48. The number of hydrogen-bond donors (Lipinski definition) is 3. The zero-order chi connectivity index (χ0) is 21.3. The third-order valence-electron chi connectivity index (χ3n) is 4.86. The Morgan fingerprint density at radius 2 is 1.18 bits per heavy atom. The highest BCUT2D eigenvalue weighted by molar-refractivity contribution is 7.87. The van der Waals surface area contributed by atoms with E-state index in [0.717, 1.165) is 19.3 Å². The SMILES string of the molecule is CCCCCCCCCCCCCCCCNC(=O)CC(C(=O)O)S(=O)(=O)O. The molecular weight excluding hydrogens is 382 g/mol. The van der Waals surface area contributed by atoms with Crippen molar-refractivity contribution in [1.82, 2.24) is 5.32 Å². The molecule has 0 aliphatic rings. The van der Waals surface area contributed by atoms with Crippen LogP contribution in [0.4, 0.5) is 0 Å². The van der Waals surface area contributed by atoms with Crippen LogP contribution in [-0.2, 0) is 19.7 Å². The first kappa shape index (κ1) is 26.9. The van der Waals surface area contributed by atoms with Crippen LogP contribution >= 0.6 is 0 Å². The number of unbranched alkanes of at least 4 members (excludes halogenated alkanes) is 13. The van der Waals surface area contributed by atoms with E-state index in [9.17, 15) is 18.0 Å². The number of carbonyl (C=O) groups excluding carboxylic acids is 1. The Morgan fingerprint density at radius 3 is 1.54 bits per heavy atom. The number of amides is 1. The van der Waals surface area contributed by atoms with Crippen molar-refractivity contribution in [2.75, 3.05) is 6.54 Å². The summed E-state index contributed by atoms with van der Waals surface area (Å²) in [5, 5.41) is 9.14. The molecule has 3 N–H and O–H groups in total. The molecular formula is C20H39NO6S. The van der Waals surface area contributed by atoms with Crippen molar-refractivity contribution in [2.45, 2.75) is 108 Å². The predicted octanol–water partition coefficient (Wildman–Crippen LogP) is 4.32. The summed E-state index contributed by atoms with van der Waals surface area (Å²) >= 11 is 0. The molecule has 0 saturated heterocycles. The molecule has 7 nitrogen and oxygen atoms in total. The summed E-state index contributed by atoms with van der Waals surface area (Å²) in [4.78, 5) is 22.4. The molecule has 0 heterocycles. The smallest absolute Gasteiger partial charge is 0.324 e. The molecule has 0 aliphatic carbocycles. The summed E-state index contributed by atoms with van der Waals surface area (Å²) in [7, 11) is -4.78. The van der Waals surface area contributed by atoms with Gasteiger partial charge >= 0.3 is 5.97 Å². The topological polar surface area (TPSA) is 121 Å². The summed E-state index contributed by atoms with van der Waals surface area (Å²) in [5.74, 6) is -2.41. The van der Waals surface area contributed by atoms with Crippen LogP contribution in [0.25, 0.3) is 0 Å². The van der Waals surface area contributed by atoms with Crippen LogP contribution in [-0.4, -0.2) is 41.7 Å². The zero-order valence-corrected chi connectivity index (χ0v) is 18.1. The average Bonchev–Trinajstić information content (AvgIpc) is 2.61. The minimum Gasteiger partial charge on any atom is -0.480 e. The normalized spacial score (nSPS) is 12.6. The maximum atomic E-state index is 11.6. The lowest BCUT2D eigenvalue weighted by Crippen LogP contribution is -2.36. The molecule has 8 heteroatoms. The van der Waals surface area contributed by atoms with E-state index in [2.05, 4.69) is 12.2 Å². The molecule has 0 aromatic rings. The predicted molar refractivity (Wildman–Crippen MR) is 111 cm³/mol. The number of carbonyl (C=O) groups is 2. The maximum absolute atomic E-state index is 11.6. The Kier molecular flexibility index (Phi) is 16.1. The van der Waals surface area contributed by atoms with Crippen LogP contribution in [0.3, 0.4) is 0 Å². The lowest BCUT2D eigenvalue weighted by atomic mass is 10.0. The van der Waals surface area contributed by atoms with Crippen molar-refractivity contribution in [1.29, 1.82) is 0 Å². The Hall–Kier alpha value is -1.15. The molecule has 0 bridgehead atoms. The monoisotopic (exact) mass is 421 g/mol. The van der Waals surface area contributed by atoms with Gasteiger partial charge in [-0.15, -0.1) is 0 Å². The first-order valence-electron chi connectivity index (χ1n) is 10.7. The molecule has 166 valence electrons. The van der Waals surface area contributed by atoms with Gasteiger partial charge in [0.05, 0.1) is 6.42 Å². The van der Waals surface area contributed by atoms with Gasteiger partial charge in [0.25, 0.3) is 10.1 Å². The summed E-state index contributed by atoms with van der Waals surface area (Å²) < 4.78 is 30.6. The van der Waals surface area contributed by atoms with Gasteiger partial charge in [-0.25, -0.2) is 0 Å². The second kappa shape index (κ2) is 16.8. The molecule has 0 aliphatic heterocycles. The number of rotatable bonds is 19. The van der Waals surface area contributed by atoms with Crippen LogP contribution in [0, 0.1) is 0 Å². The Morgan fingerprint density at radius 1 is 0.786 bits per heavy atom. The average molecular weight is 422 g/mol. The second-order valence-corrected chi connectivity index (χ2v) is 9.09. The molecule has 1 unspecified atom stereocenters. The fourth-order valence-corrected chi connectivity index (χ4v) is 3.72. The molecule has 0 aromatic heterocycles. The van der Waals surface area contributed by atoms with Crippen molar-refractivity contribution in [3.05, 3.63) is 0 Å². The molecule has 1 amide bonds. The standard InChI is InChI=1S/C20H39NO6S/c1-2-3-4-5-6-7-8-9-10-11-12-13-14-15-16-21-19(22)17-18(20(23)24)28(25,26)27/h18H,2-17H2,1H3,(H,21,22)(H,23,24)(H,25,26,27). The van der Waals surface area contributed by atoms with Gasteiger partial charge in [-0.3, -0.25) is 14.1 Å². The van der Waals surface area contributed by atoms with E-state index >= 15 is 0 Å². The first-order chi connectivity index (χ1) is 13.3. The lowest BCUT2D eigenvalue weighted by molar-refractivity contribution is -0.138. The largest absolute Gasteiger partial charge is 0.480 e. The molecule has 0 fully saturated rings. The van der Waals surface area contributed by atoms with E-state index in [0.29, 0.717) is 6.54 Å². The molecule has 0 aromatic carbocycles. The van der Waals surface area contributed by atoms with E-state index in [1.54, 1.807) is 0 Å². The van der Waals surface area contributed by atoms with Gasteiger partial charge in [0.2, 0.25) is 5.91 Å². The van der Waals surface area contributed by atoms with Crippen molar-refractivity contribution in [3.8, 4) is 0 Å². The van der Waals surface area contributed by atoms with E-state index in [4.69, 9.17) is 9.66 Å². The van der Waals surface area contributed by atoms with Gasteiger partial charge in [0, 0.05) is 6.54 Å². The summed E-state index contributed by atoms with van der Waals surface area (Å²) in [6.45, 7) is 2.62. The second-order valence-electron chi connectivity index (χ2n) is 7.49. The number of aliphatic carboxylic acids is 1. The summed E-state index contributed by atoms with van der Waals surface area (Å²) in [6, 6.07) is 0. The van der Waals surface area contributed by atoms with Gasteiger partial charge < -0.3 is 10.4 Å². The Labute approximate surface area is 170 Å². The maximum Gasteiger partial charge on any atom is 0.324 e. The number of hydrogen-bond acceptors (Lipinski definition) is 4.